The second kappa shape index (κ2) is 8.18. The van der Waals surface area contributed by atoms with E-state index in [4.69, 9.17) is 0 Å². The standard InChI is InChI=1S/C16H24N4O4S.ClH/c1-12-9-15(20(21)22)10-16(13(12)2)25(23,24)19-6-3-14(11-19)18-7-4-17-5-8-18;/h9-10,14,17H,3-8,11H2,1-2H3;1H. The molecule has 2 heterocycles. The van der Waals surface area contributed by atoms with Gasteiger partial charge in [-0.15, -0.1) is 12.4 Å². The largest absolute Gasteiger partial charge is 0.314 e. The van der Waals surface area contributed by atoms with Gasteiger partial charge in [-0.3, -0.25) is 15.0 Å². The molecule has 0 saturated carbocycles. The second-order valence-electron chi connectivity index (χ2n) is 6.73. The summed E-state index contributed by atoms with van der Waals surface area (Å²) in [5.41, 5.74) is 1.02. The van der Waals surface area contributed by atoms with Crippen LogP contribution < -0.4 is 5.32 Å². The lowest BCUT2D eigenvalue weighted by Gasteiger charge is -2.32. The number of hydrogen-bond donors (Lipinski definition) is 1. The number of nitro groups is 1. The third-order valence-corrected chi connectivity index (χ3v) is 7.22. The summed E-state index contributed by atoms with van der Waals surface area (Å²) in [5.74, 6) is 0. The van der Waals surface area contributed by atoms with Gasteiger partial charge in [0.1, 0.15) is 0 Å². The first-order valence-electron chi connectivity index (χ1n) is 8.51. The lowest BCUT2D eigenvalue weighted by molar-refractivity contribution is -0.385. The summed E-state index contributed by atoms with van der Waals surface area (Å²) < 4.78 is 27.6. The molecule has 2 aliphatic rings. The van der Waals surface area contributed by atoms with E-state index < -0.39 is 14.9 Å². The minimum absolute atomic E-state index is 0. The van der Waals surface area contributed by atoms with Gasteiger partial charge in [0.2, 0.25) is 10.0 Å². The zero-order chi connectivity index (χ0) is 18.2. The van der Waals surface area contributed by atoms with Gasteiger partial charge in [0.25, 0.3) is 5.69 Å². The van der Waals surface area contributed by atoms with Crippen molar-refractivity contribution in [2.45, 2.75) is 31.2 Å². The van der Waals surface area contributed by atoms with Gasteiger partial charge in [0.15, 0.2) is 0 Å². The van der Waals surface area contributed by atoms with Crippen LogP contribution in [0.5, 0.6) is 0 Å². The van der Waals surface area contributed by atoms with Crippen molar-refractivity contribution < 1.29 is 13.3 Å². The maximum atomic E-state index is 13.1. The predicted molar refractivity (Wildman–Crippen MR) is 101 cm³/mol. The number of sulfonamides is 1. The topological polar surface area (TPSA) is 95.8 Å². The Morgan fingerprint density at radius 2 is 1.85 bits per heavy atom. The Kier molecular flexibility index (Phi) is 6.62. The minimum Gasteiger partial charge on any atom is -0.314 e. The summed E-state index contributed by atoms with van der Waals surface area (Å²) in [6, 6.07) is 2.83. The molecule has 2 saturated heterocycles. The minimum atomic E-state index is -3.73. The molecule has 1 atom stereocenters. The lowest BCUT2D eigenvalue weighted by atomic mass is 10.1. The van der Waals surface area contributed by atoms with Crippen molar-refractivity contribution in [1.82, 2.24) is 14.5 Å². The van der Waals surface area contributed by atoms with Gasteiger partial charge in [-0.25, -0.2) is 8.42 Å². The van der Waals surface area contributed by atoms with Crippen LogP contribution in [0.4, 0.5) is 5.69 Å². The van der Waals surface area contributed by atoms with Crippen LogP contribution in [0.2, 0.25) is 0 Å². The molecule has 0 amide bonds. The van der Waals surface area contributed by atoms with Gasteiger partial charge < -0.3 is 5.32 Å². The summed E-state index contributed by atoms with van der Waals surface area (Å²) in [6.45, 7) is 8.01. The zero-order valence-electron chi connectivity index (χ0n) is 15.0. The summed E-state index contributed by atoms with van der Waals surface area (Å²) >= 11 is 0. The van der Waals surface area contributed by atoms with E-state index in [1.165, 1.54) is 16.4 Å². The number of nitro benzene ring substituents is 1. The highest BCUT2D eigenvalue weighted by atomic mass is 35.5. The first-order chi connectivity index (χ1) is 11.8. The number of non-ortho nitro benzene ring substituents is 1. The monoisotopic (exact) mass is 404 g/mol. The number of piperazine rings is 1. The number of rotatable bonds is 4. The highest BCUT2D eigenvalue weighted by molar-refractivity contribution is 7.89. The van der Waals surface area contributed by atoms with E-state index in [1.54, 1.807) is 13.8 Å². The summed E-state index contributed by atoms with van der Waals surface area (Å²) in [4.78, 5) is 13.0. The maximum absolute atomic E-state index is 13.1. The average Bonchev–Trinajstić information content (AvgIpc) is 3.08. The van der Waals surface area contributed by atoms with E-state index in [1.807, 2.05) is 0 Å². The molecule has 1 aromatic rings. The Morgan fingerprint density at radius 1 is 1.19 bits per heavy atom. The fourth-order valence-corrected chi connectivity index (χ4v) is 5.41. The molecule has 0 radical (unpaired) electrons. The number of halogens is 1. The quantitative estimate of drug-likeness (QED) is 0.600. The van der Waals surface area contributed by atoms with Crippen LogP contribution in [-0.2, 0) is 10.0 Å². The van der Waals surface area contributed by atoms with Crippen molar-refractivity contribution >= 4 is 28.1 Å². The number of aryl methyl sites for hydroxylation is 1. The fraction of sp³-hybridized carbons (Fsp3) is 0.625. The second-order valence-corrected chi connectivity index (χ2v) is 8.64. The van der Waals surface area contributed by atoms with Crippen LogP contribution in [-0.4, -0.2) is 67.9 Å². The smallest absolute Gasteiger partial charge is 0.271 e. The Balaban J connectivity index is 0.00000243. The van der Waals surface area contributed by atoms with E-state index in [0.717, 1.165) is 32.6 Å². The molecule has 0 aliphatic carbocycles. The van der Waals surface area contributed by atoms with Gasteiger partial charge >= 0.3 is 0 Å². The third-order valence-electron chi connectivity index (χ3n) is 5.23. The number of hydrogen-bond acceptors (Lipinski definition) is 6. The zero-order valence-corrected chi connectivity index (χ0v) is 16.6. The molecule has 1 aromatic carbocycles. The molecule has 3 rings (SSSR count). The van der Waals surface area contributed by atoms with Gasteiger partial charge in [-0.1, -0.05) is 0 Å². The SMILES string of the molecule is Cc1cc([N+](=O)[O-])cc(S(=O)(=O)N2CCC(N3CCNCC3)C2)c1C.Cl. The summed E-state index contributed by atoms with van der Waals surface area (Å²) in [6.07, 6.45) is 0.798. The molecule has 2 aliphatic heterocycles. The van der Waals surface area contributed by atoms with Gasteiger partial charge in [-0.2, -0.15) is 4.31 Å². The Bertz CT molecular complexity index is 781. The molecule has 1 unspecified atom stereocenters. The van der Waals surface area contributed by atoms with Crippen molar-refractivity contribution in [3.63, 3.8) is 0 Å². The fourth-order valence-electron chi connectivity index (χ4n) is 3.60. The van der Waals surface area contributed by atoms with Gasteiger partial charge in [-0.05, 0) is 31.4 Å². The third kappa shape index (κ3) is 4.01. The molecule has 146 valence electrons. The molecular formula is C16H25ClN4O4S. The molecular weight excluding hydrogens is 380 g/mol. The Morgan fingerprint density at radius 3 is 2.46 bits per heavy atom. The first-order valence-corrected chi connectivity index (χ1v) is 9.95. The normalized spacial score (nSPS) is 22.2. The summed E-state index contributed by atoms with van der Waals surface area (Å²) in [5, 5.41) is 14.4. The van der Waals surface area contributed by atoms with Gasteiger partial charge in [0, 0.05) is 57.4 Å². The van der Waals surface area contributed by atoms with Gasteiger partial charge in [0.05, 0.1) is 9.82 Å². The molecule has 0 aromatic heterocycles. The van der Waals surface area contributed by atoms with E-state index in [9.17, 15) is 18.5 Å². The van der Waals surface area contributed by atoms with E-state index >= 15 is 0 Å². The first kappa shape index (κ1) is 21.0. The van der Waals surface area contributed by atoms with Crippen LogP contribution in [0, 0.1) is 24.0 Å². The molecule has 0 spiro atoms. The van der Waals surface area contributed by atoms with Crippen molar-refractivity contribution in [3.05, 3.63) is 33.4 Å². The van der Waals surface area contributed by atoms with Crippen LogP contribution in [0.1, 0.15) is 17.5 Å². The molecule has 8 nitrogen and oxygen atoms in total. The molecule has 2 fully saturated rings. The summed E-state index contributed by atoms with van der Waals surface area (Å²) in [7, 11) is -3.73. The highest BCUT2D eigenvalue weighted by Gasteiger charge is 2.37. The van der Waals surface area contributed by atoms with E-state index in [-0.39, 0.29) is 29.0 Å². The number of nitrogens with one attached hydrogen (secondary N) is 1. The van der Waals surface area contributed by atoms with E-state index in [0.29, 0.717) is 24.2 Å². The van der Waals surface area contributed by atoms with Crippen molar-refractivity contribution in [3.8, 4) is 0 Å². The van der Waals surface area contributed by atoms with Crippen LogP contribution in [0.3, 0.4) is 0 Å². The predicted octanol–water partition coefficient (Wildman–Crippen LogP) is 1.30. The van der Waals surface area contributed by atoms with E-state index in [2.05, 4.69) is 10.2 Å². The van der Waals surface area contributed by atoms with Crippen LogP contribution in [0.25, 0.3) is 0 Å². The highest BCUT2D eigenvalue weighted by Crippen LogP contribution is 2.30. The van der Waals surface area contributed by atoms with Crippen molar-refractivity contribution in [1.29, 1.82) is 0 Å². The molecule has 10 heteroatoms. The lowest BCUT2D eigenvalue weighted by Crippen LogP contribution is -2.49. The maximum Gasteiger partial charge on any atom is 0.271 e. The number of nitrogens with zero attached hydrogens (tertiary/aromatic N) is 3. The number of benzene rings is 1. The molecule has 26 heavy (non-hydrogen) atoms. The van der Waals surface area contributed by atoms with Crippen LogP contribution in [0.15, 0.2) is 17.0 Å². The van der Waals surface area contributed by atoms with Crippen molar-refractivity contribution in [2.24, 2.45) is 0 Å². The Hall–Kier alpha value is -1.26. The Labute approximate surface area is 160 Å². The van der Waals surface area contributed by atoms with Crippen molar-refractivity contribution in [2.75, 3.05) is 39.3 Å². The molecule has 1 N–H and O–H groups in total. The van der Waals surface area contributed by atoms with Crippen LogP contribution >= 0.6 is 12.4 Å². The molecule has 0 bridgehead atoms. The average molecular weight is 405 g/mol.